The molecule has 1 aromatic carbocycles. The molecule has 0 heterocycles. The number of hydrogen-bond acceptors (Lipinski definition) is 3. The van der Waals surface area contributed by atoms with Crippen molar-refractivity contribution in [2.45, 2.75) is 25.8 Å². The lowest BCUT2D eigenvalue weighted by atomic mass is 10.2. The van der Waals surface area contributed by atoms with Crippen LogP contribution < -0.4 is 15.8 Å². The van der Waals surface area contributed by atoms with E-state index >= 15 is 0 Å². The van der Waals surface area contributed by atoms with Gasteiger partial charge in [-0.2, -0.15) is 0 Å². The maximum Gasteiger partial charge on any atom is 0.220 e. The van der Waals surface area contributed by atoms with E-state index < -0.39 is 11.6 Å². The van der Waals surface area contributed by atoms with Gasteiger partial charge in [0.2, 0.25) is 5.91 Å². The third-order valence-electron chi connectivity index (χ3n) is 2.41. The van der Waals surface area contributed by atoms with E-state index in [1.165, 1.54) is 6.07 Å². The van der Waals surface area contributed by atoms with Crippen molar-refractivity contribution in [3.8, 4) is 5.75 Å². The van der Waals surface area contributed by atoms with E-state index in [0.29, 0.717) is 19.4 Å². The zero-order chi connectivity index (χ0) is 14.3. The maximum absolute atomic E-state index is 12.9. The Hall–Kier alpha value is -1.69. The highest BCUT2D eigenvalue weighted by atomic mass is 19.2. The molecule has 0 aliphatic carbocycles. The van der Waals surface area contributed by atoms with Crippen LogP contribution in [0, 0.1) is 11.6 Å². The zero-order valence-electron chi connectivity index (χ0n) is 10.8. The van der Waals surface area contributed by atoms with Crippen molar-refractivity contribution in [3.63, 3.8) is 0 Å². The van der Waals surface area contributed by atoms with Crippen molar-refractivity contribution in [1.82, 2.24) is 5.32 Å². The number of hydrogen-bond donors (Lipinski definition) is 2. The van der Waals surface area contributed by atoms with Crippen molar-refractivity contribution in [1.29, 1.82) is 0 Å². The smallest absolute Gasteiger partial charge is 0.220 e. The van der Waals surface area contributed by atoms with Gasteiger partial charge in [0.05, 0.1) is 6.54 Å². The fourth-order valence-corrected chi connectivity index (χ4v) is 1.37. The second-order valence-electron chi connectivity index (χ2n) is 4.29. The lowest BCUT2D eigenvalue weighted by Gasteiger charge is -2.08. The summed E-state index contributed by atoms with van der Waals surface area (Å²) in [5, 5.41) is 2.65. The van der Waals surface area contributed by atoms with Gasteiger partial charge in [0.15, 0.2) is 11.6 Å². The molecule has 1 rings (SSSR count). The minimum absolute atomic E-state index is 0.0100. The summed E-state index contributed by atoms with van der Waals surface area (Å²) in [7, 11) is 0. The highest BCUT2D eigenvalue weighted by Crippen LogP contribution is 2.14. The van der Waals surface area contributed by atoms with Gasteiger partial charge in [-0.3, -0.25) is 4.79 Å². The molecule has 1 aromatic rings. The van der Waals surface area contributed by atoms with E-state index in [9.17, 15) is 13.6 Å². The molecule has 0 aromatic heterocycles. The van der Waals surface area contributed by atoms with Crippen molar-refractivity contribution in [2.24, 2.45) is 5.73 Å². The quantitative estimate of drug-likeness (QED) is 0.741. The third-order valence-corrected chi connectivity index (χ3v) is 2.41. The fraction of sp³-hybridized carbons (Fsp3) is 0.462. The topological polar surface area (TPSA) is 64.4 Å². The Balaban J connectivity index is 2.20. The van der Waals surface area contributed by atoms with E-state index in [-0.39, 0.29) is 24.3 Å². The summed E-state index contributed by atoms with van der Waals surface area (Å²) in [5.74, 6) is -1.76. The number of amides is 1. The minimum Gasteiger partial charge on any atom is -0.492 e. The molecular formula is C13H18F2N2O2. The van der Waals surface area contributed by atoms with Crippen LogP contribution in [0.3, 0.4) is 0 Å². The lowest BCUT2D eigenvalue weighted by Crippen LogP contribution is -2.29. The summed E-state index contributed by atoms with van der Waals surface area (Å²) >= 11 is 0. The average Bonchev–Trinajstić information content (AvgIpc) is 2.36. The zero-order valence-corrected chi connectivity index (χ0v) is 10.8. The number of ether oxygens (including phenoxy) is 1. The van der Waals surface area contributed by atoms with Gasteiger partial charge < -0.3 is 15.8 Å². The van der Waals surface area contributed by atoms with Gasteiger partial charge in [0.25, 0.3) is 0 Å². The number of nitrogens with two attached hydrogens (primary N) is 1. The first kappa shape index (κ1) is 15.4. The molecule has 0 saturated carbocycles. The van der Waals surface area contributed by atoms with E-state index in [4.69, 9.17) is 10.5 Å². The largest absolute Gasteiger partial charge is 0.492 e. The van der Waals surface area contributed by atoms with Crippen LogP contribution in [0.5, 0.6) is 5.75 Å². The SMILES string of the molecule is CC(N)CCC(=O)NCCOc1ccc(F)c(F)c1. The van der Waals surface area contributed by atoms with Gasteiger partial charge >= 0.3 is 0 Å². The van der Waals surface area contributed by atoms with Crippen molar-refractivity contribution in [3.05, 3.63) is 29.8 Å². The summed E-state index contributed by atoms with van der Waals surface area (Å²) < 4.78 is 30.7. The van der Waals surface area contributed by atoms with Crippen LogP contribution in [0.15, 0.2) is 18.2 Å². The highest BCUT2D eigenvalue weighted by molar-refractivity contribution is 5.75. The van der Waals surface area contributed by atoms with Gasteiger partial charge in [0, 0.05) is 18.5 Å². The molecular weight excluding hydrogens is 254 g/mol. The second kappa shape index (κ2) is 7.68. The van der Waals surface area contributed by atoms with Crippen LogP contribution >= 0.6 is 0 Å². The average molecular weight is 272 g/mol. The molecule has 1 amide bonds. The third kappa shape index (κ3) is 6.15. The molecule has 1 atom stereocenters. The number of carbonyl (C=O) groups is 1. The van der Waals surface area contributed by atoms with Crippen molar-refractivity contribution >= 4 is 5.91 Å². The first-order valence-corrected chi connectivity index (χ1v) is 6.09. The standard InChI is InChI=1S/C13H18F2N2O2/c1-9(16)2-5-13(18)17-6-7-19-10-3-4-11(14)12(15)8-10/h3-4,8-9H,2,5-7,16H2,1H3,(H,17,18). The molecule has 19 heavy (non-hydrogen) atoms. The highest BCUT2D eigenvalue weighted by Gasteiger charge is 2.04. The number of rotatable bonds is 7. The van der Waals surface area contributed by atoms with Crippen LogP contribution in [0.4, 0.5) is 8.78 Å². The van der Waals surface area contributed by atoms with Crippen LogP contribution in [0.25, 0.3) is 0 Å². The van der Waals surface area contributed by atoms with E-state index in [2.05, 4.69) is 5.32 Å². The molecule has 0 fully saturated rings. The Morgan fingerprint density at radius 2 is 2.16 bits per heavy atom. The van der Waals surface area contributed by atoms with Gasteiger partial charge in [-0.05, 0) is 25.5 Å². The fourth-order valence-electron chi connectivity index (χ4n) is 1.37. The van der Waals surface area contributed by atoms with Crippen LogP contribution in [-0.2, 0) is 4.79 Å². The molecule has 0 radical (unpaired) electrons. The molecule has 0 aliphatic rings. The number of halogens is 2. The van der Waals surface area contributed by atoms with E-state index in [0.717, 1.165) is 12.1 Å². The second-order valence-corrected chi connectivity index (χ2v) is 4.29. The Morgan fingerprint density at radius 1 is 1.42 bits per heavy atom. The number of benzene rings is 1. The maximum atomic E-state index is 12.9. The predicted molar refractivity (Wildman–Crippen MR) is 67.7 cm³/mol. The first-order chi connectivity index (χ1) is 8.99. The summed E-state index contributed by atoms with van der Waals surface area (Å²) in [6.07, 6.45) is 0.985. The van der Waals surface area contributed by atoms with E-state index in [1.54, 1.807) is 0 Å². The molecule has 106 valence electrons. The van der Waals surface area contributed by atoms with Crippen LogP contribution in [0.1, 0.15) is 19.8 Å². The minimum atomic E-state index is -0.960. The van der Waals surface area contributed by atoms with Crippen molar-refractivity contribution < 1.29 is 18.3 Å². The molecule has 3 N–H and O–H groups in total. The van der Waals surface area contributed by atoms with Gasteiger partial charge in [-0.25, -0.2) is 8.78 Å². The summed E-state index contributed by atoms with van der Waals surface area (Å²) in [6, 6.07) is 3.28. The monoisotopic (exact) mass is 272 g/mol. The molecule has 0 spiro atoms. The Morgan fingerprint density at radius 3 is 2.79 bits per heavy atom. The van der Waals surface area contributed by atoms with Gasteiger partial charge in [0.1, 0.15) is 12.4 Å². The summed E-state index contributed by atoms with van der Waals surface area (Å²) in [6.45, 7) is 2.32. The molecule has 6 heteroatoms. The molecule has 1 unspecified atom stereocenters. The normalized spacial score (nSPS) is 12.0. The van der Waals surface area contributed by atoms with Crippen LogP contribution in [0.2, 0.25) is 0 Å². The summed E-state index contributed by atoms with van der Waals surface area (Å²) in [4.78, 5) is 11.3. The van der Waals surface area contributed by atoms with E-state index in [1.807, 2.05) is 6.92 Å². The molecule has 0 saturated heterocycles. The Labute approximate surface area is 110 Å². The predicted octanol–water partition coefficient (Wildman–Crippen LogP) is 1.59. The Kier molecular flexibility index (Phi) is 6.21. The molecule has 0 bridgehead atoms. The van der Waals surface area contributed by atoms with Crippen molar-refractivity contribution in [2.75, 3.05) is 13.2 Å². The summed E-state index contributed by atoms with van der Waals surface area (Å²) in [5.41, 5.74) is 5.53. The number of carbonyl (C=O) groups excluding carboxylic acids is 1. The van der Waals surface area contributed by atoms with Gasteiger partial charge in [-0.15, -0.1) is 0 Å². The lowest BCUT2D eigenvalue weighted by molar-refractivity contribution is -0.121. The molecule has 0 aliphatic heterocycles. The molecule has 4 nitrogen and oxygen atoms in total. The Bertz CT molecular complexity index is 425. The van der Waals surface area contributed by atoms with Crippen LogP contribution in [-0.4, -0.2) is 25.1 Å². The first-order valence-electron chi connectivity index (χ1n) is 6.09. The number of nitrogens with one attached hydrogen (secondary N) is 1. The van der Waals surface area contributed by atoms with Gasteiger partial charge in [-0.1, -0.05) is 0 Å².